The molecule has 2 amide bonds. The van der Waals surface area contributed by atoms with E-state index >= 15 is 0 Å². The number of imide groups is 1. The number of fused-ring (bicyclic) bond motifs is 1. The molecule has 0 bridgehead atoms. The Morgan fingerprint density at radius 1 is 1.13 bits per heavy atom. The van der Waals surface area contributed by atoms with E-state index in [-0.39, 0.29) is 17.9 Å². The van der Waals surface area contributed by atoms with Gasteiger partial charge in [0.1, 0.15) is 11.6 Å². The maximum atomic E-state index is 12.8. The number of hydrogen-bond acceptors (Lipinski definition) is 4. The van der Waals surface area contributed by atoms with Crippen molar-refractivity contribution in [3.8, 4) is 0 Å². The van der Waals surface area contributed by atoms with Crippen molar-refractivity contribution >= 4 is 28.4 Å². The lowest BCUT2D eigenvalue weighted by molar-refractivity contribution is -0.124. The third-order valence-electron chi connectivity index (χ3n) is 6.16. The average molecular weight is 403 g/mol. The standard InChI is InChI=1S/C23H25N5O2/c29-22-20(21(23(30)26-22)25-16-6-1-2-7-16)18-14-28(19-9-4-3-8-17(18)19)12-5-11-27-13-10-24-15-27/h3-4,8-10,13-16,20H,1-2,5-7,11-12H2,(H,26,29,30). The molecule has 1 aromatic carbocycles. The molecule has 0 radical (unpaired) electrons. The Bertz CT molecular complexity index is 1110. The normalized spacial score (nSPS) is 21.2. The van der Waals surface area contributed by atoms with Crippen molar-refractivity contribution in [1.29, 1.82) is 0 Å². The number of rotatable bonds is 6. The lowest BCUT2D eigenvalue weighted by Crippen LogP contribution is -2.22. The van der Waals surface area contributed by atoms with Crippen molar-refractivity contribution in [3.05, 3.63) is 54.7 Å². The molecule has 2 aromatic heterocycles. The molecule has 154 valence electrons. The molecule has 30 heavy (non-hydrogen) atoms. The van der Waals surface area contributed by atoms with E-state index in [1.165, 1.54) is 0 Å². The molecule has 3 aromatic rings. The van der Waals surface area contributed by atoms with Gasteiger partial charge in [0.25, 0.3) is 5.91 Å². The molecule has 3 heterocycles. The number of nitrogens with one attached hydrogen (secondary N) is 1. The van der Waals surface area contributed by atoms with Gasteiger partial charge in [0, 0.05) is 42.6 Å². The summed E-state index contributed by atoms with van der Waals surface area (Å²) in [5.41, 5.74) is 2.33. The van der Waals surface area contributed by atoms with Crippen LogP contribution in [0.2, 0.25) is 0 Å². The quantitative estimate of drug-likeness (QED) is 0.642. The monoisotopic (exact) mass is 403 g/mol. The number of carbonyl (C=O) groups is 2. The van der Waals surface area contributed by atoms with Crippen molar-refractivity contribution in [3.63, 3.8) is 0 Å². The largest absolute Gasteiger partial charge is 0.347 e. The van der Waals surface area contributed by atoms with Crippen molar-refractivity contribution in [2.45, 2.75) is 57.2 Å². The van der Waals surface area contributed by atoms with Crippen LogP contribution in [0.15, 0.2) is 54.2 Å². The highest BCUT2D eigenvalue weighted by atomic mass is 16.2. The summed E-state index contributed by atoms with van der Waals surface area (Å²) in [6, 6.07) is 8.23. The lowest BCUT2D eigenvalue weighted by Gasteiger charge is -2.09. The third kappa shape index (κ3) is 3.44. The number of hydrogen-bond donors (Lipinski definition) is 1. The highest BCUT2D eigenvalue weighted by Crippen LogP contribution is 2.33. The maximum Gasteiger partial charge on any atom is 0.272 e. The van der Waals surface area contributed by atoms with Gasteiger partial charge in [0.05, 0.1) is 12.4 Å². The van der Waals surface area contributed by atoms with Crippen LogP contribution in [-0.2, 0) is 22.7 Å². The molecule has 1 atom stereocenters. The molecule has 2 aliphatic rings. The molecule has 1 aliphatic carbocycles. The number of aliphatic imine (C=N–C) groups is 1. The molecule has 7 heteroatoms. The average Bonchev–Trinajstić information content (AvgIpc) is 3.52. The van der Waals surface area contributed by atoms with E-state index in [9.17, 15) is 9.59 Å². The van der Waals surface area contributed by atoms with Gasteiger partial charge in [0.15, 0.2) is 0 Å². The lowest BCUT2D eigenvalue weighted by atomic mass is 9.95. The van der Waals surface area contributed by atoms with Crippen LogP contribution in [0.5, 0.6) is 0 Å². The van der Waals surface area contributed by atoms with Gasteiger partial charge < -0.3 is 9.13 Å². The highest BCUT2D eigenvalue weighted by Gasteiger charge is 2.41. The highest BCUT2D eigenvalue weighted by molar-refractivity contribution is 6.52. The number of benzene rings is 1. The predicted octanol–water partition coefficient (Wildman–Crippen LogP) is 3.05. The second kappa shape index (κ2) is 7.89. The summed E-state index contributed by atoms with van der Waals surface area (Å²) in [5, 5.41) is 3.51. The predicted molar refractivity (Wildman–Crippen MR) is 114 cm³/mol. The number of aryl methyl sites for hydroxylation is 2. The van der Waals surface area contributed by atoms with Crippen LogP contribution in [0.25, 0.3) is 10.9 Å². The first kappa shape index (κ1) is 18.8. The Labute approximate surface area is 174 Å². The van der Waals surface area contributed by atoms with Crippen LogP contribution >= 0.6 is 0 Å². The second-order valence-corrected chi connectivity index (χ2v) is 8.15. The Morgan fingerprint density at radius 2 is 1.97 bits per heavy atom. The molecule has 1 aliphatic heterocycles. The fourth-order valence-electron chi connectivity index (χ4n) is 4.69. The van der Waals surface area contributed by atoms with E-state index in [2.05, 4.69) is 25.5 Å². The number of imidazole rings is 1. The molecule has 5 rings (SSSR count). The van der Waals surface area contributed by atoms with Gasteiger partial charge in [-0.3, -0.25) is 19.9 Å². The van der Waals surface area contributed by atoms with Crippen molar-refractivity contribution < 1.29 is 9.59 Å². The van der Waals surface area contributed by atoms with E-state index < -0.39 is 5.92 Å². The summed E-state index contributed by atoms with van der Waals surface area (Å²) in [7, 11) is 0. The van der Waals surface area contributed by atoms with E-state index in [1.807, 2.05) is 36.9 Å². The van der Waals surface area contributed by atoms with Gasteiger partial charge in [-0.2, -0.15) is 0 Å². The molecule has 0 spiro atoms. The van der Waals surface area contributed by atoms with Crippen LogP contribution in [0.3, 0.4) is 0 Å². The summed E-state index contributed by atoms with van der Waals surface area (Å²) in [5.74, 6) is -1.23. The van der Waals surface area contributed by atoms with Crippen LogP contribution in [0.4, 0.5) is 0 Å². The smallest absolute Gasteiger partial charge is 0.272 e. The number of carbonyl (C=O) groups excluding carboxylic acids is 2. The van der Waals surface area contributed by atoms with Gasteiger partial charge in [-0.25, -0.2) is 4.98 Å². The molecule has 1 unspecified atom stereocenters. The molecular formula is C23H25N5O2. The van der Waals surface area contributed by atoms with E-state index in [1.54, 1.807) is 6.20 Å². The molecule has 1 saturated heterocycles. The van der Waals surface area contributed by atoms with E-state index in [0.29, 0.717) is 5.71 Å². The van der Waals surface area contributed by atoms with Gasteiger partial charge in [0.2, 0.25) is 5.91 Å². The fourth-order valence-corrected chi connectivity index (χ4v) is 4.69. The van der Waals surface area contributed by atoms with E-state index in [0.717, 1.165) is 61.7 Å². The number of amides is 2. The van der Waals surface area contributed by atoms with Crippen molar-refractivity contribution in [2.24, 2.45) is 4.99 Å². The van der Waals surface area contributed by atoms with Gasteiger partial charge in [-0.15, -0.1) is 0 Å². The first-order valence-electron chi connectivity index (χ1n) is 10.7. The van der Waals surface area contributed by atoms with E-state index in [4.69, 9.17) is 4.99 Å². The number of para-hydroxylation sites is 1. The van der Waals surface area contributed by atoms with Gasteiger partial charge in [-0.05, 0) is 30.9 Å². The summed E-state index contributed by atoms with van der Waals surface area (Å²) >= 11 is 0. The molecule has 2 fully saturated rings. The molecule has 1 N–H and O–H groups in total. The Balaban J connectivity index is 1.48. The Morgan fingerprint density at radius 3 is 2.77 bits per heavy atom. The summed E-state index contributed by atoms with van der Waals surface area (Å²) in [4.78, 5) is 34.1. The Kier molecular flexibility index (Phi) is 4.94. The minimum atomic E-state index is -0.627. The van der Waals surface area contributed by atoms with Crippen LogP contribution in [-0.4, -0.2) is 37.7 Å². The number of nitrogens with zero attached hydrogens (tertiary/aromatic N) is 4. The minimum absolute atomic E-state index is 0.155. The second-order valence-electron chi connectivity index (χ2n) is 8.15. The first-order valence-corrected chi connectivity index (χ1v) is 10.7. The van der Waals surface area contributed by atoms with Crippen LogP contribution in [0, 0.1) is 0 Å². The Hall–Kier alpha value is -3.22. The van der Waals surface area contributed by atoms with Crippen LogP contribution < -0.4 is 5.32 Å². The van der Waals surface area contributed by atoms with Gasteiger partial charge >= 0.3 is 0 Å². The zero-order valence-corrected chi connectivity index (χ0v) is 16.8. The number of aromatic nitrogens is 3. The maximum absolute atomic E-state index is 12.8. The molecule has 7 nitrogen and oxygen atoms in total. The molecule has 1 saturated carbocycles. The minimum Gasteiger partial charge on any atom is -0.347 e. The summed E-state index contributed by atoms with van der Waals surface area (Å²) in [6.07, 6.45) is 12.8. The fraction of sp³-hybridized carbons (Fsp3) is 0.391. The molecular weight excluding hydrogens is 378 g/mol. The van der Waals surface area contributed by atoms with Gasteiger partial charge in [-0.1, -0.05) is 31.0 Å². The van der Waals surface area contributed by atoms with Crippen molar-refractivity contribution in [1.82, 2.24) is 19.4 Å². The zero-order valence-electron chi connectivity index (χ0n) is 16.8. The third-order valence-corrected chi connectivity index (χ3v) is 6.16. The SMILES string of the molecule is O=C1NC(=O)C(c2cn(CCCn3ccnc3)c3ccccc23)C1=NC1CCCC1. The first-order chi connectivity index (χ1) is 14.7. The van der Waals surface area contributed by atoms with Crippen molar-refractivity contribution in [2.75, 3.05) is 0 Å². The topological polar surface area (TPSA) is 81.3 Å². The zero-order chi connectivity index (χ0) is 20.5. The summed E-state index contributed by atoms with van der Waals surface area (Å²) in [6.45, 7) is 1.69. The van der Waals surface area contributed by atoms with Crippen LogP contribution in [0.1, 0.15) is 43.6 Å². The summed E-state index contributed by atoms with van der Waals surface area (Å²) < 4.78 is 4.24.